The zero-order valence-corrected chi connectivity index (χ0v) is 18.2. The number of sulfonamides is 2. The molecule has 1 aromatic carbocycles. The first-order chi connectivity index (χ1) is 14.5. The van der Waals surface area contributed by atoms with E-state index in [4.69, 9.17) is 9.26 Å². The van der Waals surface area contributed by atoms with Gasteiger partial charge in [-0.25, -0.2) is 25.9 Å². The number of carbonyl (C=O) groups is 2. The fourth-order valence-electron chi connectivity index (χ4n) is 2.83. The van der Waals surface area contributed by atoms with Gasteiger partial charge in [0.2, 0.25) is 31.9 Å². The molecule has 2 aromatic rings. The molecule has 14 heteroatoms. The SMILES string of the molecule is CCOc1ccc(N2C(=O)CCS2(=O)=O)cc1S(=O)(=O)NCC(=O)Nc1cc(C)on1. The second-order valence-corrected chi connectivity index (χ2v) is 10.2. The van der Waals surface area contributed by atoms with Crippen LogP contribution in [0.3, 0.4) is 0 Å². The predicted octanol–water partition coefficient (Wildman–Crippen LogP) is 0.365. The molecule has 1 aliphatic rings. The Morgan fingerprint density at radius 2 is 2.06 bits per heavy atom. The summed E-state index contributed by atoms with van der Waals surface area (Å²) in [7, 11) is -8.20. The number of aromatic nitrogens is 1. The van der Waals surface area contributed by atoms with Crippen molar-refractivity contribution < 1.29 is 35.7 Å². The van der Waals surface area contributed by atoms with Crippen LogP contribution < -0.4 is 19.1 Å². The minimum Gasteiger partial charge on any atom is -0.492 e. The molecule has 0 spiro atoms. The van der Waals surface area contributed by atoms with Gasteiger partial charge in [-0.15, -0.1) is 0 Å². The molecule has 1 aliphatic heterocycles. The molecule has 31 heavy (non-hydrogen) atoms. The fraction of sp³-hybridized carbons (Fsp3) is 0.353. The van der Waals surface area contributed by atoms with Gasteiger partial charge in [-0.1, -0.05) is 5.16 Å². The van der Waals surface area contributed by atoms with Crippen LogP contribution >= 0.6 is 0 Å². The molecule has 2 N–H and O–H groups in total. The predicted molar refractivity (Wildman–Crippen MR) is 109 cm³/mol. The molecule has 0 aliphatic carbocycles. The molecule has 0 unspecified atom stereocenters. The van der Waals surface area contributed by atoms with Crippen molar-refractivity contribution in [3.63, 3.8) is 0 Å². The smallest absolute Gasteiger partial charge is 0.244 e. The van der Waals surface area contributed by atoms with Gasteiger partial charge in [0.05, 0.1) is 24.6 Å². The van der Waals surface area contributed by atoms with E-state index in [1.54, 1.807) is 13.8 Å². The summed E-state index contributed by atoms with van der Waals surface area (Å²) < 4.78 is 62.9. The maximum atomic E-state index is 12.8. The summed E-state index contributed by atoms with van der Waals surface area (Å²) in [5.41, 5.74) is -0.131. The average Bonchev–Trinajstić information content (AvgIpc) is 3.22. The van der Waals surface area contributed by atoms with Gasteiger partial charge in [0.15, 0.2) is 5.82 Å². The standard InChI is InChI=1S/C17H20N4O8S2/c1-3-28-13-5-4-12(21-17(23)6-7-30(21,24)25)9-14(13)31(26,27)18-10-16(22)19-15-8-11(2)29-20-15/h4-5,8-9,18H,3,6-7,10H2,1-2H3,(H,19,20,22). The monoisotopic (exact) mass is 472 g/mol. The van der Waals surface area contributed by atoms with Crippen molar-refractivity contribution in [1.29, 1.82) is 0 Å². The number of hydrogen-bond donors (Lipinski definition) is 2. The van der Waals surface area contributed by atoms with Crippen molar-refractivity contribution in [1.82, 2.24) is 9.88 Å². The summed E-state index contributed by atoms with van der Waals surface area (Å²) >= 11 is 0. The highest BCUT2D eigenvalue weighted by atomic mass is 32.2. The second-order valence-electron chi connectivity index (χ2n) is 6.48. The van der Waals surface area contributed by atoms with Crippen molar-refractivity contribution in [3.8, 4) is 5.75 Å². The Hall–Kier alpha value is -2.97. The largest absolute Gasteiger partial charge is 0.492 e. The summed E-state index contributed by atoms with van der Waals surface area (Å²) in [5, 5.41) is 5.94. The summed E-state index contributed by atoms with van der Waals surface area (Å²) in [6.07, 6.45) is -0.197. The first-order valence-corrected chi connectivity index (χ1v) is 12.2. The van der Waals surface area contributed by atoms with Crippen LogP contribution in [0.5, 0.6) is 5.75 Å². The summed E-state index contributed by atoms with van der Waals surface area (Å²) in [6, 6.07) is 5.01. The molecule has 3 rings (SSSR count). The number of carbonyl (C=O) groups excluding carboxylic acids is 2. The number of nitrogens with one attached hydrogen (secondary N) is 2. The van der Waals surface area contributed by atoms with Crippen molar-refractivity contribution in [3.05, 3.63) is 30.0 Å². The van der Waals surface area contributed by atoms with E-state index in [9.17, 15) is 26.4 Å². The zero-order chi connectivity index (χ0) is 22.8. The van der Waals surface area contributed by atoms with Gasteiger partial charge in [-0.2, -0.15) is 0 Å². The average molecular weight is 473 g/mol. The Morgan fingerprint density at radius 1 is 1.32 bits per heavy atom. The summed E-state index contributed by atoms with van der Waals surface area (Å²) in [6.45, 7) is 2.76. The van der Waals surface area contributed by atoms with Crippen LogP contribution in [-0.2, 0) is 29.6 Å². The lowest BCUT2D eigenvalue weighted by molar-refractivity contribution is -0.116. The molecule has 2 amide bonds. The lowest BCUT2D eigenvalue weighted by atomic mass is 10.3. The van der Waals surface area contributed by atoms with E-state index in [-0.39, 0.29) is 36.0 Å². The maximum absolute atomic E-state index is 12.8. The third-order valence-electron chi connectivity index (χ3n) is 4.15. The van der Waals surface area contributed by atoms with Gasteiger partial charge < -0.3 is 14.6 Å². The highest BCUT2D eigenvalue weighted by molar-refractivity contribution is 7.94. The van der Waals surface area contributed by atoms with Crippen molar-refractivity contribution in [2.45, 2.75) is 25.2 Å². The first kappa shape index (κ1) is 22.7. The van der Waals surface area contributed by atoms with Gasteiger partial charge in [0, 0.05) is 12.5 Å². The number of ether oxygens (including phenoxy) is 1. The van der Waals surface area contributed by atoms with E-state index >= 15 is 0 Å². The van der Waals surface area contributed by atoms with Crippen LogP contribution in [0.1, 0.15) is 19.1 Å². The highest BCUT2D eigenvalue weighted by Crippen LogP contribution is 2.32. The van der Waals surface area contributed by atoms with E-state index in [0.29, 0.717) is 10.1 Å². The molecule has 0 bridgehead atoms. The Kier molecular flexibility index (Phi) is 6.33. The normalized spacial score (nSPS) is 15.8. The Labute approximate surface area is 178 Å². The Balaban J connectivity index is 1.86. The molecule has 1 fully saturated rings. The molecule has 0 radical (unpaired) electrons. The molecule has 2 heterocycles. The van der Waals surface area contributed by atoms with Crippen LogP contribution in [0.15, 0.2) is 33.7 Å². The molecule has 1 saturated heterocycles. The molecule has 0 saturated carbocycles. The van der Waals surface area contributed by atoms with Gasteiger partial charge in [-0.05, 0) is 32.0 Å². The van der Waals surface area contributed by atoms with Crippen LogP contribution in [0.2, 0.25) is 0 Å². The van der Waals surface area contributed by atoms with Crippen LogP contribution in [0.25, 0.3) is 0 Å². The molecular formula is C17H20N4O8S2. The minimum atomic E-state index is -4.31. The topological polar surface area (TPSA) is 165 Å². The number of amides is 2. The van der Waals surface area contributed by atoms with Crippen molar-refractivity contribution in [2.24, 2.45) is 0 Å². The number of rotatable bonds is 8. The van der Waals surface area contributed by atoms with E-state index in [1.165, 1.54) is 18.2 Å². The van der Waals surface area contributed by atoms with Gasteiger partial charge in [-0.3, -0.25) is 9.59 Å². The number of aryl methyl sites for hydroxylation is 1. The van der Waals surface area contributed by atoms with Crippen LogP contribution in [-0.4, -0.2) is 52.7 Å². The van der Waals surface area contributed by atoms with Crippen molar-refractivity contribution in [2.75, 3.05) is 28.5 Å². The lowest BCUT2D eigenvalue weighted by Crippen LogP contribution is -2.33. The zero-order valence-electron chi connectivity index (χ0n) is 16.6. The number of hydrogen-bond acceptors (Lipinski definition) is 9. The highest BCUT2D eigenvalue weighted by Gasteiger charge is 2.37. The molecule has 0 atom stereocenters. The quantitative estimate of drug-likeness (QED) is 0.552. The van der Waals surface area contributed by atoms with E-state index < -0.39 is 43.3 Å². The first-order valence-electron chi connectivity index (χ1n) is 9.09. The van der Waals surface area contributed by atoms with E-state index in [1.807, 2.05) is 0 Å². The molecular weight excluding hydrogens is 452 g/mol. The fourth-order valence-corrected chi connectivity index (χ4v) is 5.42. The third-order valence-corrected chi connectivity index (χ3v) is 7.26. The lowest BCUT2D eigenvalue weighted by Gasteiger charge is -2.18. The molecule has 12 nitrogen and oxygen atoms in total. The van der Waals surface area contributed by atoms with Gasteiger partial charge in [0.1, 0.15) is 16.4 Å². The maximum Gasteiger partial charge on any atom is 0.244 e. The summed E-state index contributed by atoms with van der Waals surface area (Å²) in [5.74, 6) is -1.21. The number of anilines is 2. The van der Waals surface area contributed by atoms with Crippen LogP contribution in [0.4, 0.5) is 11.5 Å². The van der Waals surface area contributed by atoms with E-state index in [0.717, 1.165) is 6.07 Å². The van der Waals surface area contributed by atoms with Gasteiger partial charge >= 0.3 is 0 Å². The van der Waals surface area contributed by atoms with E-state index in [2.05, 4.69) is 15.2 Å². The van der Waals surface area contributed by atoms with Crippen LogP contribution in [0, 0.1) is 6.92 Å². The number of benzene rings is 1. The van der Waals surface area contributed by atoms with Crippen molar-refractivity contribution >= 4 is 43.4 Å². The Bertz CT molecular complexity index is 1220. The number of nitrogens with zero attached hydrogens (tertiary/aromatic N) is 2. The second kappa shape index (κ2) is 8.64. The molecule has 1 aromatic heterocycles. The van der Waals surface area contributed by atoms with Gasteiger partial charge in [0.25, 0.3) is 0 Å². The molecule has 168 valence electrons. The minimum absolute atomic E-state index is 0.0599. The summed E-state index contributed by atoms with van der Waals surface area (Å²) in [4.78, 5) is 23.7. The third kappa shape index (κ3) is 5.03. The Morgan fingerprint density at radius 3 is 2.65 bits per heavy atom.